The molecule has 1 unspecified atom stereocenters. The molecule has 0 amide bonds. The van der Waals surface area contributed by atoms with E-state index in [1.165, 1.54) is 0 Å². The summed E-state index contributed by atoms with van der Waals surface area (Å²) in [5.74, 6) is 0.284. The second-order valence-electron chi connectivity index (χ2n) is 5.92. The Morgan fingerprint density at radius 2 is 1.63 bits per heavy atom. The van der Waals surface area contributed by atoms with E-state index >= 15 is 0 Å². The Labute approximate surface area is 156 Å². The first-order chi connectivity index (χ1) is 13.3. The molecular formula is C21H17N3O3. The van der Waals surface area contributed by atoms with E-state index in [1.807, 2.05) is 54.6 Å². The quantitative estimate of drug-likeness (QED) is 0.507. The molecule has 0 saturated carbocycles. The van der Waals surface area contributed by atoms with Gasteiger partial charge in [-0.3, -0.25) is 0 Å². The summed E-state index contributed by atoms with van der Waals surface area (Å²) in [5.41, 5.74) is 2.74. The van der Waals surface area contributed by atoms with Gasteiger partial charge in [0.05, 0.1) is 18.2 Å². The van der Waals surface area contributed by atoms with Gasteiger partial charge in [0, 0.05) is 5.56 Å². The van der Waals surface area contributed by atoms with Crippen LogP contribution in [0.3, 0.4) is 0 Å². The number of methoxy groups -OCH3 is 1. The van der Waals surface area contributed by atoms with E-state index in [0.29, 0.717) is 5.56 Å². The molecule has 27 heavy (non-hydrogen) atoms. The lowest BCUT2D eigenvalue weighted by atomic mass is 10.1. The number of nitrogens with zero attached hydrogens (tertiary/aromatic N) is 3. The maximum atomic E-state index is 12.7. The zero-order valence-corrected chi connectivity index (χ0v) is 14.6. The number of rotatable bonds is 5. The minimum atomic E-state index is -0.754. The minimum Gasteiger partial charge on any atom is -0.497 e. The number of carbonyl (C=O) groups is 1. The van der Waals surface area contributed by atoms with Crippen LogP contribution in [0, 0.1) is 0 Å². The van der Waals surface area contributed by atoms with Crippen LogP contribution in [0.5, 0.6) is 5.75 Å². The lowest BCUT2D eigenvalue weighted by molar-refractivity contribution is 0.0196. The fraction of sp³-hybridized carbons (Fsp3) is 0.0952. The number of para-hydroxylation sites is 1. The van der Waals surface area contributed by atoms with Gasteiger partial charge in [0.25, 0.3) is 0 Å². The molecule has 4 aromatic rings. The van der Waals surface area contributed by atoms with Crippen molar-refractivity contribution in [1.82, 2.24) is 15.0 Å². The highest BCUT2D eigenvalue weighted by molar-refractivity contribution is 5.89. The SMILES string of the molecule is COc1ccc(C(OC(=O)c2ccccc2)n2nnc3ccccc32)cc1. The van der Waals surface area contributed by atoms with Gasteiger partial charge >= 0.3 is 5.97 Å². The summed E-state index contributed by atoms with van der Waals surface area (Å²) in [6.07, 6.45) is -0.754. The molecule has 1 heterocycles. The van der Waals surface area contributed by atoms with Crippen LogP contribution >= 0.6 is 0 Å². The number of aromatic nitrogens is 3. The van der Waals surface area contributed by atoms with Crippen molar-refractivity contribution in [3.05, 3.63) is 90.0 Å². The summed E-state index contributed by atoms with van der Waals surface area (Å²) in [5, 5.41) is 8.40. The van der Waals surface area contributed by atoms with Crippen LogP contribution in [-0.4, -0.2) is 28.1 Å². The standard InChI is InChI=1S/C21H17N3O3/c1-26-17-13-11-15(12-14-17)20(27-21(25)16-7-3-2-4-8-16)24-19-10-6-5-9-18(19)22-23-24/h2-14,20H,1H3. The molecule has 134 valence electrons. The van der Waals surface area contributed by atoms with E-state index in [-0.39, 0.29) is 0 Å². The van der Waals surface area contributed by atoms with Crippen molar-refractivity contribution in [2.24, 2.45) is 0 Å². The van der Waals surface area contributed by atoms with Gasteiger partial charge in [-0.25, -0.2) is 9.48 Å². The highest BCUT2D eigenvalue weighted by atomic mass is 16.6. The fourth-order valence-corrected chi connectivity index (χ4v) is 2.83. The van der Waals surface area contributed by atoms with Crippen LogP contribution in [0.15, 0.2) is 78.9 Å². The molecule has 3 aromatic carbocycles. The van der Waals surface area contributed by atoms with Crippen LogP contribution in [-0.2, 0) is 4.74 Å². The number of esters is 1. The second-order valence-corrected chi connectivity index (χ2v) is 5.92. The predicted octanol–water partition coefficient (Wildman–Crippen LogP) is 3.84. The zero-order valence-electron chi connectivity index (χ0n) is 14.6. The molecule has 0 aliphatic rings. The molecule has 0 radical (unpaired) electrons. The topological polar surface area (TPSA) is 66.2 Å². The van der Waals surface area contributed by atoms with E-state index in [0.717, 1.165) is 22.3 Å². The molecule has 0 aliphatic heterocycles. The molecule has 6 heteroatoms. The average molecular weight is 359 g/mol. The van der Waals surface area contributed by atoms with E-state index in [1.54, 1.807) is 36.1 Å². The number of carbonyl (C=O) groups excluding carboxylic acids is 1. The lowest BCUT2D eigenvalue weighted by Gasteiger charge is -2.19. The molecule has 0 aliphatic carbocycles. The third-order valence-corrected chi connectivity index (χ3v) is 4.23. The Morgan fingerprint density at radius 1 is 0.926 bits per heavy atom. The van der Waals surface area contributed by atoms with Gasteiger partial charge in [-0.05, 0) is 48.5 Å². The smallest absolute Gasteiger partial charge is 0.340 e. The second kappa shape index (κ2) is 7.29. The largest absolute Gasteiger partial charge is 0.497 e. The highest BCUT2D eigenvalue weighted by Gasteiger charge is 2.23. The van der Waals surface area contributed by atoms with Crippen molar-refractivity contribution in [2.75, 3.05) is 7.11 Å². The van der Waals surface area contributed by atoms with Gasteiger partial charge in [0.2, 0.25) is 6.23 Å². The fourth-order valence-electron chi connectivity index (χ4n) is 2.83. The normalized spacial score (nSPS) is 11.9. The summed E-state index contributed by atoms with van der Waals surface area (Å²) in [6.45, 7) is 0. The Balaban J connectivity index is 1.76. The predicted molar refractivity (Wildman–Crippen MR) is 101 cm³/mol. The number of benzene rings is 3. The highest BCUT2D eigenvalue weighted by Crippen LogP contribution is 2.26. The Kier molecular flexibility index (Phi) is 4.53. The third-order valence-electron chi connectivity index (χ3n) is 4.23. The van der Waals surface area contributed by atoms with Crippen LogP contribution in [0.4, 0.5) is 0 Å². The summed E-state index contributed by atoms with van der Waals surface area (Å²) in [7, 11) is 1.60. The van der Waals surface area contributed by atoms with Crippen molar-refractivity contribution >= 4 is 17.0 Å². The van der Waals surface area contributed by atoms with Gasteiger partial charge in [-0.15, -0.1) is 5.10 Å². The summed E-state index contributed by atoms with van der Waals surface area (Å²) in [4.78, 5) is 12.7. The average Bonchev–Trinajstić information content (AvgIpc) is 3.16. The van der Waals surface area contributed by atoms with Gasteiger partial charge in [-0.1, -0.05) is 35.5 Å². The molecule has 0 fully saturated rings. The first kappa shape index (κ1) is 16.8. The molecule has 4 rings (SSSR count). The van der Waals surface area contributed by atoms with Crippen LogP contribution in [0.2, 0.25) is 0 Å². The number of hydrogen-bond donors (Lipinski definition) is 0. The summed E-state index contributed by atoms with van der Waals surface area (Å²) < 4.78 is 12.7. The Morgan fingerprint density at radius 3 is 2.37 bits per heavy atom. The van der Waals surface area contributed by atoms with Crippen molar-refractivity contribution in [3.8, 4) is 5.75 Å². The first-order valence-electron chi connectivity index (χ1n) is 8.46. The van der Waals surface area contributed by atoms with Crippen LogP contribution < -0.4 is 4.74 Å². The van der Waals surface area contributed by atoms with Crippen molar-refractivity contribution < 1.29 is 14.3 Å². The Bertz CT molecular complexity index is 1060. The van der Waals surface area contributed by atoms with E-state index in [2.05, 4.69) is 10.3 Å². The lowest BCUT2D eigenvalue weighted by Crippen LogP contribution is -2.20. The molecule has 0 spiro atoms. The van der Waals surface area contributed by atoms with Crippen LogP contribution in [0.25, 0.3) is 11.0 Å². The molecule has 0 N–H and O–H groups in total. The third kappa shape index (κ3) is 3.37. The van der Waals surface area contributed by atoms with Crippen molar-refractivity contribution in [2.45, 2.75) is 6.23 Å². The van der Waals surface area contributed by atoms with E-state index in [4.69, 9.17) is 9.47 Å². The molecule has 0 bridgehead atoms. The Hall–Kier alpha value is -3.67. The maximum Gasteiger partial charge on any atom is 0.340 e. The number of hydrogen-bond acceptors (Lipinski definition) is 5. The van der Waals surface area contributed by atoms with Gasteiger partial charge < -0.3 is 9.47 Å². The van der Waals surface area contributed by atoms with Gasteiger partial charge in [0.1, 0.15) is 11.3 Å². The van der Waals surface area contributed by atoms with E-state index < -0.39 is 12.2 Å². The van der Waals surface area contributed by atoms with Crippen molar-refractivity contribution in [3.63, 3.8) is 0 Å². The van der Waals surface area contributed by atoms with Crippen molar-refractivity contribution in [1.29, 1.82) is 0 Å². The van der Waals surface area contributed by atoms with E-state index in [9.17, 15) is 4.79 Å². The number of fused-ring (bicyclic) bond motifs is 1. The monoisotopic (exact) mass is 359 g/mol. The van der Waals surface area contributed by atoms with Gasteiger partial charge in [0.15, 0.2) is 0 Å². The summed E-state index contributed by atoms with van der Waals surface area (Å²) >= 11 is 0. The summed E-state index contributed by atoms with van der Waals surface area (Å²) in [6, 6.07) is 23.7. The number of ether oxygens (including phenoxy) is 2. The van der Waals surface area contributed by atoms with Gasteiger partial charge in [-0.2, -0.15) is 0 Å². The minimum absolute atomic E-state index is 0.434. The first-order valence-corrected chi connectivity index (χ1v) is 8.46. The molecule has 0 saturated heterocycles. The molecule has 1 aromatic heterocycles. The molecular weight excluding hydrogens is 342 g/mol. The van der Waals surface area contributed by atoms with Crippen LogP contribution in [0.1, 0.15) is 22.1 Å². The zero-order chi connectivity index (χ0) is 18.6. The maximum absolute atomic E-state index is 12.7. The molecule has 1 atom stereocenters. The molecule has 6 nitrogen and oxygen atoms in total.